The topological polar surface area (TPSA) is 117 Å². The van der Waals surface area contributed by atoms with Crippen molar-refractivity contribution in [1.82, 2.24) is 10.3 Å². The maximum Gasteiger partial charge on any atom is 0.291 e. The van der Waals surface area contributed by atoms with E-state index in [0.29, 0.717) is 6.42 Å². The van der Waals surface area contributed by atoms with Gasteiger partial charge in [-0.3, -0.25) is 5.73 Å². The molecule has 0 aliphatic carbocycles. The Morgan fingerprint density at radius 3 is 2.89 bits per heavy atom. The summed E-state index contributed by atoms with van der Waals surface area (Å²) in [6, 6.07) is 5.98. The third-order valence-electron chi connectivity index (χ3n) is 2.52. The first-order valence-electron chi connectivity index (χ1n) is 5.53. The molecule has 0 amide bonds. The van der Waals surface area contributed by atoms with Crippen molar-refractivity contribution in [3.05, 3.63) is 34.7 Å². The van der Waals surface area contributed by atoms with Gasteiger partial charge in [0.1, 0.15) is 6.61 Å². The molecule has 0 saturated heterocycles. The molecule has 4 N–H and O–H groups in total. The lowest BCUT2D eigenvalue weighted by Crippen LogP contribution is -2.77. The van der Waals surface area contributed by atoms with Crippen LogP contribution in [0.5, 0.6) is 0 Å². The van der Waals surface area contributed by atoms with E-state index in [0.717, 1.165) is 0 Å². The average Bonchev–Trinajstić information content (AvgIpc) is 2.34. The molecule has 8 nitrogen and oxygen atoms in total. The lowest BCUT2D eigenvalue weighted by Gasteiger charge is -2.53. The Labute approximate surface area is 104 Å². The maximum atomic E-state index is 12.5. The largest absolute Gasteiger partial charge is 0.754 e. The average molecular weight is 255 g/mol. The molecule has 100 valence electrons. The molecule has 2 unspecified atom stereocenters. The monoisotopic (exact) mass is 255 g/mol. The van der Waals surface area contributed by atoms with Crippen molar-refractivity contribution in [2.24, 2.45) is 5.73 Å². The standard InChI is InChI=1S/C10H15N4O4/c1-2-7-18-14(17)9-6-4-3-5-8(9)13(16)10(11,15)12-14/h3-6,12,15H,2,7,11H2,1H3/q-1. The van der Waals surface area contributed by atoms with Crippen molar-refractivity contribution in [2.75, 3.05) is 11.7 Å². The summed E-state index contributed by atoms with van der Waals surface area (Å²) in [5.41, 5.74) is 7.37. The van der Waals surface area contributed by atoms with Crippen molar-refractivity contribution < 1.29 is 9.94 Å². The quantitative estimate of drug-likeness (QED) is 0.401. The Kier molecular flexibility index (Phi) is 3.25. The Morgan fingerprint density at radius 1 is 1.56 bits per heavy atom. The van der Waals surface area contributed by atoms with Gasteiger partial charge in [-0.1, -0.05) is 29.4 Å². The minimum atomic E-state index is -2.52. The number of nitrogens with one attached hydrogen (secondary N) is 1. The van der Waals surface area contributed by atoms with Crippen molar-refractivity contribution >= 4 is 11.4 Å². The molecule has 1 aliphatic rings. The molecular weight excluding hydrogens is 240 g/mol. The number of fused-ring (bicyclic) bond motifs is 1. The fraction of sp³-hybridized carbons (Fsp3) is 0.400. The van der Waals surface area contributed by atoms with Crippen LogP contribution in [0.4, 0.5) is 11.4 Å². The third kappa shape index (κ3) is 2.06. The zero-order valence-corrected chi connectivity index (χ0v) is 9.87. The normalized spacial score (nSPS) is 31.3. The number of quaternary nitrogens is 1. The molecule has 8 heteroatoms. The number of hydrogen-bond acceptors (Lipinski definition) is 7. The van der Waals surface area contributed by atoms with Crippen LogP contribution in [0, 0.1) is 10.4 Å². The first-order valence-corrected chi connectivity index (χ1v) is 5.53. The van der Waals surface area contributed by atoms with E-state index in [1.54, 1.807) is 12.1 Å². The van der Waals surface area contributed by atoms with Crippen LogP contribution in [0.2, 0.25) is 0 Å². The summed E-state index contributed by atoms with van der Waals surface area (Å²) in [7, 11) is 0. The predicted octanol–water partition coefficient (Wildman–Crippen LogP) is 0.218. The van der Waals surface area contributed by atoms with Crippen molar-refractivity contribution in [3.63, 3.8) is 0 Å². The lowest BCUT2D eigenvalue weighted by molar-refractivity contribution is -0.204. The SMILES string of the molecule is CCCO[N+]1([O-])NC(N)(O)N([O-])c2ccccc21. The lowest BCUT2D eigenvalue weighted by atomic mass is 10.2. The minimum Gasteiger partial charge on any atom is -0.754 e. The second-order valence-electron chi connectivity index (χ2n) is 4.01. The molecule has 1 heterocycles. The molecule has 0 fully saturated rings. The van der Waals surface area contributed by atoms with Crippen LogP contribution in [-0.2, 0) is 4.84 Å². The van der Waals surface area contributed by atoms with Crippen molar-refractivity contribution in [2.45, 2.75) is 19.3 Å². The Hall–Kier alpha value is -1.26. The highest BCUT2D eigenvalue weighted by Crippen LogP contribution is 2.38. The first-order chi connectivity index (χ1) is 8.41. The van der Waals surface area contributed by atoms with Crippen LogP contribution in [0.25, 0.3) is 0 Å². The summed E-state index contributed by atoms with van der Waals surface area (Å²) >= 11 is 0. The smallest absolute Gasteiger partial charge is 0.291 e. The number of nitrogens with two attached hydrogens (primary N) is 1. The summed E-state index contributed by atoms with van der Waals surface area (Å²) in [6.45, 7) is 1.98. The van der Waals surface area contributed by atoms with E-state index in [1.165, 1.54) is 12.1 Å². The molecule has 0 spiro atoms. The van der Waals surface area contributed by atoms with Gasteiger partial charge in [-0.25, -0.2) is 0 Å². The number of aliphatic hydroxyl groups is 1. The molecule has 1 aromatic carbocycles. The van der Waals surface area contributed by atoms with Crippen LogP contribution >= 0.6 is 0 Å². The molecule has 1 aliphatic heterocycles. The van der Waals surface area contributed by atoms with Gasteiger partial charge in [0.05, 0.1) is 5.69 Å². The summed E-state index contributed by atoms with van der Waals surface area (Å²) in [4.78, 5) is 3.59. The van der Waals surface area contributed by atoms with Gasteiger partial charge in [0.2, 0.25) is 5.69 Å². The van der Waals surface area contributed by atoms with Gasteiger partial charge in [0, 0.05) is 6.07 Å². The molecule has 0 aromatic heterocycles. The molecule has 1 aromatic rings. The van der Waals surface area contributed by atoms with Gasteiger partial charge in [0.15, 0.2) is 0 Å². The van der Waals surface area contributed by atoms with E-state index in [4.69, 9.17) is 10.6 Å². The molecule has 0 radical (unpaired) electrons. The summed E-state index contributed by atoms with van der Waals surface area (Å²) < 4.78 is 0. The van der Waals surface area contributed by atoms with Crippen LogP contribution in [0.15, 0.2) is 24.3 Å². The van der Waals surface area contributed by atoms with Gasteiger partial charge in [-0.15, -0.1) is 0 Å². The fourth-order valence-corrected chi connectivity index (χ4v) is 1.71. The van der Waals surface area contributed by atoms with Crippen LogP contribution in [0.3, 0.4) is 0 Å². The molecule has 2 rings (SSSR count). The van der Waals surface area contributed by atoms with E-state index in [1.807, 2.05) is 12.3 Å². The molecule has 0 bridgehead atoms. The van der Waals surface area contributed by atoms with Gasteiger partial charge in [-0.05, 0) is 12.5 Å². The maximum absolute atomic E-state index is 12.5. The number of nitrogens with zero attached hydrogens (tertiary/aromatic N) is 2. The van der Waals surface area contributed by atoms with Crippen LogP contribution in [0.1, 0.15) is 13.3 Å². The minimum absolute atomic E-state index is 0.0349. The van der Waals surface area contributed by atoms with E-state index >= 15 is 0 Å². The Bertz CT molecular complexity index is 442. The van der Waals surface area contributed by atoms with E-state index in [2.05, 4.69) is 0 Å². The fourth-order valence-electron chi connectivity index (χ4n) is 1.71. The number of benzene rings is 1. The summed E-state index contributed by atoms with van der Waals surface area (Å²) in [5, 5.41) is 34.1. The zero-order chi connectivity index (χ0) is 13.4. The number of rotatable bonds is 3. The predicted molar refractivity (Wildman–Crippen MR) is 66.0 cm³/mol. The molecular formula is C10H15N4O4-. The van der Waals surface area contributed by atoms with Crippen molar-refractivity contribution in [3.8, 4) is 0 Å². The second-order valence-corrected chi connectivity index (χ2v) is 4.01. The highest BCUT2D eigenvalue weighted by Gasteiger charge is 2.44. The van der Waals surface area contributed by atoms with Crippen LogP contribution in [-0.4, -0.2) is 17.7 Å². The number of hydrogen-bond donors (Lipinski definition) is 3. The van der Waals surface area contributed by atoms with E-state index < -0.39 is 10.9 Å². The first kappa shape index (κ1) is 13.2. The number of hydroxylamine groups is 1. The Morgan fingerprint density at radius 2 is 2.22 bits per heavy atom. The van der Waals surface area contributed by atoms with Gasteiger partial charge in [-0.2, -0.15) is 4.84 Å². The summed E-state index contributed by atoms with van der Waals surface area (Å²) in [5.74, 6) is -2.52. The number of anilines is 1. The second kappa shape index (κ2) is 4.44. The van der Waals surface area contributed by atoms with Crippen molar-refractivity contribution in [1.29, 1.82) is 0 Å². The van der Waals surface area contributed by atoms with Crippen LogP contribution < -0.4 is 21.1 Å². The Balaban J connectivity index is 2.46. The molecule has 18 heavy (non-hydrogen) atoms. The van der Waals surface area contributed by atoms with E-state index in [9.17, 15) is 15.5 Å². The zero-order valence-electron chi connectivity index (χ0n) is 9.87. The van der Waals surface area contributed by atoms with Gasteiger partial charge < -0.3 is 20.6 Å². The molecule has 2 atom stereocenters. The summed E-state index contributed by atoms with van der Waals surface area (Å²) in [6.07, 6.45) is 0.607. The number of para-hydroxylation sites is 2. The molecule has 0 saturated carbocycles. The third-order valence-corrected chi connectivity index (χ3v) is 2.52. The highest BCUT2D eigenvalue weighted by atomic mass is 17.0. The highest BCUT2D eigenvalue weighted by molar-refractivity contribution is 5.71. The van der Waals surface area contributed by atoms with Gasteiger partial charge in [0.25, 0.3) is 5.97 Å². The van der Waals surface area contributed by atoms with Gasteiger partial charge >= 0.3 is 0 Å². The van der Waals surface area contributed by atoms with E-state index in [-0.39, 0.29) is 23.0 Å².